The van der Waals surface area contributed by atoms with Crippen molar-refractivity contribution in [3.05, 3.63) is 10.6 Å². The second-order valence-corrected chi connectivity index (χ2v) is 10.9. The van der Waals surface area contributed by atoms with E-state index in [2.05, 4.69) is 4.90 Å². The molecule has 1 amide bonds. The number of amides is 1. The number of β-lactam (4-membered cyclic amide) rings is 1. The van der Waals surface area contributed by atoms with E-state index in [4.69, 9.17) is 11.5 Å². The minimum absolute atomic E-state index is 0.0652. The summed E-state index contributed by atoms with van der Waals surface area (Å²) in [7, 11) is 0. The quantitative estimate of drug-likeness (QED) is 0.442. The van der Waals surface area contributed by atoms with Crippen LogP contribution in [0.4, 0.5) is 0 Å². The van der Waals surface area contributed by atoms with Crippen LogP contribution >= 0.6 is 11.8 Å². The number of nitrogens with two attached hydrogens (primary N) is 2. The summed E-state index contributed by atoms with van der Waals surface area (Å²) >= 11 is 1.63. The molecule has 0 bridgehead atoms. The molecule has 1 saturated carbocycles. The molecule has 5 atom stereocenters. The summed E-state index contributed by atoms with van der Waals surface area (Å²) in [4.78, 5) is 29.2. The molecular formula is C21H34N4O4S. The molecule has 9 heteroatoms. The van der Waals surface area contributed by atoms with Gasteiger partial charge in [-0.3, -0.25) is 9.69 Å². The molecule has 3 fully saturated rings. The van der Waals surface area contributed by atoms with Gasteiger partial charge in [-0.2, -0.15) is 0 Å². The van der Waals surface area contributed by atoms with Crippen molar-refractivity contribution in [1.82, 2.24) is 9.80 Å². The third-order valence-corrected chi connectivity index (χ3v) is 9.19. The Hall–Kier alpha value is -1.13. The average Bonchev–Trinajstić information content (AvgIpc) is 3.25. The Morgan fingerprint density at radius 2 is 2.00 bits per heavy atom. The van der Waals surface area contributed by atoms with Crippen LogP contribution in [0.25, 0.3) is 0 Å². The van der Waals surface area contributed by atoms with E-state index < -0.39 is 18.0 Å². The molecule has 1 unspecified atom stereocenters. The van der Waals surface area contributed by atoms with Crippen LogP contribution in [0.15, 0.2) is 10.6 Å². The number of carbonyl (C=O) groups is 2. The highest BCUT2D eigenvalue weighted by molar-refractivity contribution is 8.03. The maximum Gasteiger partial charge on any atom is 0.353 e. The van der Waals surface area contributed by atoms with Crippen molar-refractivity contribution < 1.29 is 19.8 Å². The Morgan fingerprint density at radius 1 is 1.33 bits per heavy atom. The van der Waals surface area contributed by atoms with E-state index in [0.29, 0.717) is 17.8 Å². The number of nitrogens with zero attached hydrogens (tertiary/aromatic N) is 2. The normalized spacial score (nSPS) is 40.5. The first-order chi connectivity index (χ1) is 14.2. The van der Waals surface area contributed by atoms with Gasteiger partial charge in [0, 0.05) is 40.7 Å². The lowest BCUT2D eigenvalue weighted by Crippen LogP contribution is -2.63. The summed E-state index contributed by atoms with van der Waals surface area (Å²) in [5.74, 6) is -1.89. The molecule has 0 spiro atoms. The van der Waals surface area contributed by atoms with E-state index in [-0.39, 0.29) is 29.1 Å². The molecule has 0 aromatic carbocycles. The lowest BCUT2D eigenvalue weighted by Gasteiger charge is -2.46. The molecule has 4 aliphatic rings. The number of aliphatic hydroxyl groups excluding tert-OH is 1. The largest absolute Gasteiger partial charge is 0.477 e. The highest BCUT2D eigenvalue weighted by Crippen LogP contribution is 2.52. The van der Waals surface area contributed by atoms with Crippen molar-refractivity contribution in [2.45, 2.75) is 74.9 Å². The molecule has 4 rings (SSSR count). The van der Waals surface area contributed by atoms with Crippen LogP contribution in [0.1, 0.15) is 46.0 Å². The van der Waals surface area contributed by atoms with Crippen molar-refractivity contribution in [3.63, 3.8) is 0 Å². The molecule has 6 N–H and O–H groups in total. The molecule has 0 radical (unpaired) electrons. The number of carbonyl (C=O) groups excluding carboxylic acids is 1. The second kappa shape index (κ2) is 8.09. The number of aliphatic carboxylic acids is 1. The molecule has 3 heterocycles. The number of hydrogen-bond acceptors (Lipinski definition) is 7. The van der Waals surface area contributed by atoms with Crippen LogP contribution in [0, 0.1) is 11.8 Å². The Bertz CT molecular complexity index is 749. The van der Waals surface area contributed by atoms with Crippen LogP contribution in [-0.2, 0) is 9.59 Å². The SMILES string of the molecule is CC(O)[C@H]1C(=O)N2C(C(=O)O)=C(S[C@@H]3CCN(C4CCC(N)(CN)CC4)C3)[C@H](C)[C@H]12. The van der Waals surface area contributed by atoms with E-state index >= 15 is 0 Å². The third-order valence-electron chi connectivity index (χ3n) is 7.65. The lowest BCUT2D eigenvalue weighted by molar-refractivity contribution is -0.163. The highest BCUT2D eigenvalue weighted by Gasteiger charge is 2.60. The first-order valence-corrected chi connectivity index (χ1v) is 11.9. The van der Waals surface area contributed by atoms with E-state index in [1.807, 2.05) is 6.92 Å². The molecule has 30 heavy (non-hydrogen) atoms. The van der Waals surface area contributed by atoms with Crippen molar-refractivity contribution in [2.24, 2.45) is 23.3 Å². The number of likely N-dealkylation sites (tertiary alicyclic amines) is 1. The number of carboxylic acids is 1. The maximum atomic E-state index is 12.5. The topological polar surface area (TPSA) is 133 Å². The van der Waals surface area contributed by atoms with E-state index in [1.54, 1.807) is 18.7 Å². The van der Waals surface area contributed by atoms with Gasteiger partial charge in [-0.05, 0) is 45.6 Å². The lowest BCUT2D eigenvalue weighted by atomic mass is 9.79. The van der Waals surface area contributed by atoms with Gasteiger partial charge >= 0.3 is 5.97 Å². The summed E-state index contributed by atoms with van der Waals surface area (Å²) in [5, 5.41) is 20.1. The monoisotopic (exact) mass is 438 g/mol. The number of carboxylic acid groups (broad SMARTS) is 1. The fourth-order valence-electron chi connectivity index (χ4n) is 5.79. The number of thioether (sulfide) groups is 1. The number of aliphatic hydroxyl groups is 1. The summed E-state index contributed by atoms with van der Waals surface area (Å²) in [6.45, 7) is 6.06. The van der Waals surface area contributed by atoms with Gasteiger partial charge in [-0.1, -0.05) is 6.92 Å². The van der Waals surface area contributed by atoms with Gasteiger partial charge in [0.25, 0.3) is 0 Å². The van der Waals surface area contributed by atoms with Crippen molar-refractivity contribution in [3.8, 4) is 0 Å². The molecule has 168 valence electrons. The average molecular weight is 439 g/mol. The number of rotatable bonds is 6. The maximum absolute atomic E-state index is 12.5. The third kappa shape index (κ3) is 3.58. The van der Waals surface area contributed by atoms with Gasteiger partial charge in [0.1, 0.15) is 5.70 Å². The molecule has 0 aromatic heterocycles. The summed E-state index contributed by atoms with van der Waals surface area (Å²) in [5.41, 5.74) is 12.1. The van der Waals surface area contributed by atoms with E-state index in [0.717, 1.165) is 50.1 Å². The van der Waals surface area contributed by atoms with Gasteiger partial charge in [0.05, 0.1) is 18.1 Å². The zero-order valence-electron chi connectivity index (χ0n) is 17.8. The zero-order valence-corrected chi connectivity index (χ0v) is 18.6. The first-order valence-electron chi connectivity index (χ1n) is 11.0. The Balaban J connectivity index is 1.42. The van der Waals surface area contributed by atoms with Crippen molar-refractivity contribution >= 4 is 23.6 Å². The Morgan fingerprint density at radius 3 is 2.57 bits per heavy atom. The highest BCUT2D eigenvalue weighted by atomic mass is 32.2. The molecule has 8 nitrogen and oxygen atoms in total. The van der Waals surface area contributed by atoms with Gasteiger partial charge in [-0.25, -0.2) is 4.79 Å². The first kappa shape index (κ1) is 22.1. The van der Waals surface area contributed by atoms with Crippen LogP contribution in [0.5, 0.6) is 0 Å². The fraction of sp³-hybridized carbons (Fsp3) is 0.810. The van der Waals surface area contributed by atoms with Crippen LogP contribution < -0.4 is 11.5 Å². The summed E-state index contributed by atoms with van der Waals surface area (Å²) < 4.78 is 0. The summed E-state index contributed by atoms with van der Waals surface area (Å²) in [6.07, 6.45) is 4.27. The van der Waals surface area contributed by atoms with Crippen molar-refractivity contribution in [1.29, 1.82) is 0 Å². The van der Waals surface area contributed by atoms with Crippen LogP contribution in [-0.4, -0.2) is 80.5 Å². The zero-order chi connectivity index (χ0) is 21.8. The van der Waals surface area contributed by atoms with Crippen molar-refractivity contribution in [2.75, 3.05) is 19.6 Å². The molecule has 2 saturated heterocycles. The van der Waals surface area contributed by atoms with E-state index in [9.17, 15) is 19.8 Å². The van der Waals surface area contributed by atoms with Crippen LogP contribution in [0.2, 0.25) is 0 Å². The predicted molar refractivity (Wildman–Crippen MR) is 115 cm³/mol. The second-order valence-electron chi connectivity index (χ2n) is 9.59. The Labute approximate surface area is 182 Å². The van der Waals surface area contributed by atoms with Gasteiger partial charge in [-0.15, -0.1) is 11.8 Å². The molecule has 0 aromatic rings. The van der Waals surface area contributed by atoms with Gasteiger partial charge < -0.3 is 26.6 Å². The Kier molecular flexibility index (Phi) is 5.95. The molecular weight excluding hydrogens is 404 g/mol. The van der Waals surface area contributed by atoms with Gasteiger partial charge in [0.15, 0.2) is 0 Å². The van der Waals surface area contributed by atoms with E-state index in [1.165, 1.54) is 4.90 Å². The molecule has 3 aliphatic heterocycles. The smallest absolute Gasteiger partial charge is 0.353 e. The number of hydrogen-bond donors (Lipinski definition) is 4. The van der Waals surface area contributed by atoms with Crippen LogP contribution in [0.3, 0.4) is 0 Å². The minimum atomic E-state index is -1.05. The summed E-state index contributed by atoms with van der Waals surface area (Å²) in [6, 6.07) is 0.282. The van der Waals surface area contributed by atoms with Gasteiger partial charge in [0.2, 0.25) is 5.91 Å². The standard InChI is InChI=1S/C21H34N4O4S/c1-11-16-15(12(2)26)19(27)25(16)17(20(28)29)18(11)30-14-5-8-24(9-14)13-3-6-21(23,10-22)7-4-13/h11-16,26H,3-10,22-23H2,1-2H3,(H,28,29)/t11-,12?,13?,14-,15-,16-,21?/m1/s1. The number of fused-ring (bicyclic) bond motifs is 1. The molecule has 1 aliphatic carbocycles. The minimum Gasteiger partial charge on any atom is -0.477 e. The predicted octanol–water partition coefficient (Wildman–Crippen LogP) is 0.546. The fourth-order valence-corrected chi connectivity index (χ4v) is 7.29.